The molecular weight excluding hydrogens is 528 g/mol. The van der Waals surface area contributed by atoms with E-state index < -0.39 is 0 Å². The van der Waals surface area contributed by atoms with Gasteiger partial charge in [0.1, 0.15) is 0 Å². The van der Waals surface area contributed by atoms with Gasteiger partial charge in [0.25, 0.3) is 0 Å². The third-order valence-electron chi connectivity index (χ3n) is 2.66. The minimum absolute atomic E-state index is 0. The van der Waals surface area contributed by atoms with Gasteiger partial charge in [-0.15, -0.1) is 35.3 Å². The van der Waals surface area contributed by atoms with Crippen LogP contribution in [-0.4, -0.2) is 37.6 Å². The third-order valence-corrected chi connectivity index (χ3v) is 5.31. The van der Waals surface area contributed by atoms with Crippen LogP contribution in [-0.2, 0) is 6.42 Å². The highest BCUT2D eigenvalue weighted by atomic mass is 127. The number of halogens is 2. The molecule has 0 atom stereocenters. The first-order valence-corrected chi connectivity index (χ1v) is 10.3. The molecular formula is C14H25I2N3S2. The summed E-state index contributed by atoms with van der Waals surface area (Å²) in [4.78, 5) is 6.04. The van der Waals surface area contributed by atoms with Crippen molar-refractivity contribution in [3.8, 4) is 0 Å². The molecule has 7 heteroatoms. The van der Waals surface area contributed by atoms with Crippen molar-refractivity contribution in [3.05, 3.63) is 19.9 Å². The summed E-state index contributed by atoms with van der Waals surface area (Å²) >= 11 is 6.14. The number of nitrogens with one attached hydrogen (secondary N) is 2. The van der Waals surface area contributed by atoms with E-state index in [4.69, 9.17) is 0 Å². The summed E-state index contributed by atoms with van der Waals surface area (Å²) in [7, 11) is 0. The van der Waals surface area contributed by atoms with Crippen molar-refractivity contribution in [3.63, 3.8) is 0 Å². The van der Waals surface area contributed by atoms with Crippen LogP contribution in [0, 0.1) is 2.88 Å². The summed E-state index contributed by atoms with van der Waals surface area (Å²) in [5.74, 6) is 2.18. The first kappa shape index (κ1) is 21.8. The Morgan fingerprint density at radius 3 is 2.76 bits per heavy atom. The van der Waals surface area contributed by atoms with Crippen molar-refractivity contribution in [1.82, 2.24) is 10.6 Å². The molecule has 21 heavy (non-hydrogen) atoms. The maximum Gasteiger partial charge on any atom is 0.191 e. The topological polar surface area (TPSA) is 36.4 Å². The monoisotopic (exact) mass is 553 g/mol. The van der Waals surface area contributed by atoms with E-state index in [0.29, 0.717) is 0 Å². The van der Waals surface area contributed by atoms with Gasteiger partial charge in [-0.2, -0.15) is 11.8 Å². The lowest BCUT2D eigenvalue weighted by Crippen LogP contribution is -2.38. The second-order valence-electron chi connectivity index (χ2n) is 4.34. The van der Waals surface area contributed by atoms with Crippen LogP contribution < -0.4 is 10.6 Å². The molecule has 1 aromatic rings. The summed E-state index contributed by atoms with van der Waals surface area (Å²) in [5.41, 5.74) is 0. The number of unbranched alkanes of at least 4 members (excludes halogenated alkanes) is 1. The van der Waals surface area contributed by atoms with E-state index in [2.05, 4.69) is 63.5 Å². The van der Waals surface area contributed by atoms with Crippen LogP contribution in [0.3, 0.4) is 0 Å². The molecule has 1 heterocycles. The normalized spacial score (nSPS) is 11.1. The number of nitrogens with zero attached hydrogens (tertiary/aromatic N) is 1. The second kappa shape index (κ2) is 14.4. The molecule has 0 saturated heterocycles. The number of thiophene rings is 1. The highest BCUT2D eigenvalue weighted by molar-refractivity contribution is 14.1. The summed E-state index contributed by atoms with van der Waals surface area (Å²) < 4.78 is 1.35. The van der Waals surface area contributed by atoms with Crippen LogP contribution in [0.2, 0.25) is 0 Å². The van der Waals surface area contributed by atoms with E-state index in [1.165, 1.54) is 26.4 Å². The van der Waals surface area contributed by atoms with E-state index in [-0.39, 0.29) is 24.0 Å². The average molecular weight is 553 g/mol. The SMILES string of the molecule is CCNC(=NCCCCSC)NCCc1ccc(I)s1.I. The molecule has 2 N–H and O–H groups in total. The molecule has 122 valence electrons. The van der Waals surface area contributed by atoms with Gasteiger partial charge in [-0.05, 0) is 72.9 Å². The van der Waals surface area contributed by atoms with E-state index in [0.717, 1.165) is 32.0 Å². The molecule has 1 rings (SSSR count). The molecule has 0 fully saturated rings. The van der Waals surface area contributed by atoms with Crippen LogP contribution in [0.4, 0.5) is 0 Å². The minimum Gasteiger partial charge on any atom is -0.357 e. The van der Waals surface area contributed by atoms with Gasteiger partial charge in [-0.25, -0.2) is 0 Å². The van der Waals surface area contributed by atoms with Crippen LogP contribution >= 0.6 is 69.7 Å². The van der Waals surface area contributed by atoms with Crippen molar-refractivity contribution < 1.29 is 0 Å². The fraction of sp³-hybridized carbons (Fsp3) is 0.643. The molecule has 1 aromatic heterocycles. The number of hydrogen-bond donors (Lipinski definition) is 2. The van der Waals surface area contributed by atoms with Gasteiger partial charge in [-0.3, -0.25) is 4.99 Å². The first-order chi connectivity index (χ1) is 9.76. The van der Waals surface area contributed by atoms with Crippen molar-refractivity contribution in [2.45, 2.75) is 26.2 Å². The van der Waals surface area contributed by atoms with Gasteiger partial charge in [0.2, 0.25) is 0 Å². The number of rotatable bonds is 9. The lowest BCUT2D eigenvalue weighted by atomic mass is 10.3. The maximum atomic E-state index is 4.61. The van der Waals surface area contributed by atoms with E-state index >= 15 is 0 Å². The van der Waals surface area contributed by atoms with Crippen molar-refractivity contribution in [2.75, 3.05) is 31.6 Å². The Morgan fingerprint density at radius 1 is 1.33 bits per heavy atom. The quantitative estimate of drug-likeness (QED) is 0.208. The number of thioether (sulfide) groups is 1. The first-order valence-electron chi connectivity index (χ1n) is 7.01. The molecule has 0 spiro atoms. The molecule has 3 nitrogen and oxygen atoms in total. The van der Waals surface area contributed by atoms with Crippen LogP contribution in [0.25, 0.3) is 0 Å². The fourth-order valence-corrected chi connectivity index (χ4v) is 3.93. The zero-order valence-corrected chi connectivity index (χ0v) is 18.8. The molecule has 0 unspecified atom stereocenters. The van der Waals surface area contributed by atoms with Gasteiger partial charge in [-0.1, -0.05) is 0 Å². The van der Waals surface area contributed by atoms with Gasteiger partial charge >= 0.3 is 0 Å². The second-order valence-corrected chi connectivity index (χ2v) is 8.39. The highest BCUT2D eigenvalue weighted by Crippen LogP contribution is 2.18. The van der Waals surface area contributed by atoms with Crippen molar-refractivity contribution in [1.29, 1.82) is 0 Å². The van der Waals surface area contributed by atoms with Crippen LogP contribution in [0.5, 0.6) is 0 Å². The fourth-order valence-electron chi connectivity index (χ4n) is 1.68. The molecule has 0 aromatic carbocycles. The van der Waals surface area contributed by atoms with E-state index in [1.807, 2.05) is 23.1 Å². The lowest BCUT2D eigenvalue weighted by molar-refractivity contribution is 0.773. The van der Waals surface area contributed by atoms with Crippen molar-refractivity contribution >= 4 is 75.6 Å². The van der Waals surface area contributed by atoms with E-state index in [1.54, 1.807) is 0 Å². The van der Waals surface area contributed by atoms with E-state index in [9.17, 15) is 0 Å². The molecule has 0 saturated carbocycles. The Hall–Kier alpha value is 0.780. The van der Waals surface area contributed by atoms with Crippen LogP contribution in [0.15, 0.2) is 17.1 Å². The summed E-state index contributed by atoms with van der Waals surface area (Å²) in [5, 5.41) is 6.71. The Labute approximate surface area is 167 Å². The highest BCUT2D eigenvalue weighted by Gasteiger charge is 2.00. The summed E-state index contributed by atoms with van der Waals surface area (Å²) in [6.07, 6.45) is 5.63. The van der Waals surface area contributed by atoms with Crippen LogP contribution in [0.1, 0.15) is 24.6 Å². The summed E-state index contributed by atoms with van der Waals surface area (Å²) in [6.45, 7) is 4.86. The Bertz CT molecular complexity index is 397. The van der Waals surface area contributed by atoms with Crippen molar-refractivity contribution in [2.24, 2.45) is 4.99 Å². The Kier molecular flexibility index (Phi) is 14.9. The molecule has 0 bridgehead atoms. The number of hydrogen-bond acceptors (Lipinski definition) is 3. The standard InChI is InChI=1S/C14H24IN3S2.HI/c1-3-16-14(17-9-4-5-11-19-2)18-10-8-12-6-7-13(15)20-12;/h6-7H,3-5,8-11H2,1-2H3,(H2,16,17,18);1H. The molecule has 0 amide bonds. The number of guanidine groups is 1. The molecule has 0 aliphatic carbocycles. The van der Waals surface area contributed by atoms with Gasteiger partial charge in [0, 0.05) is 24.5 Å². The lowest BCUT2D eigenvalue weighted by Gasteiger charge is -2.10. The molecule has 0 aliphatic heterocycles. The van der Waals surface area contributed by atoms with Gasteiger partial charge in [0.05, 0.1) is 2.88 Å². The maximum absolute atomic E-state index is 4.61. The molecule has 0 aliphatic rings. The Morgan fingerprint density at radius 2 is 2.14 bits per heavy atom. The number of aliphatic imine (C=N–C) groups is 1. The van der Waals surface area contributed by atoms with Gasteiger partial charge in [0.15, 0.2) is 5.96 Å². The summed E-state index contributed by atoms with van der Waals surface area (Å²) in [6, 6.07) is 4.38. The zero-order chi connectivity index (χ0) is 14.6. The smallest absolute Gasteiger partial charge is 0.191 e. The zero-order valence-electron chi connectivity index (χ0n) is 12.7. The predicted molar refractivity (Wildman–Crippen MR) is 118 cm³/mol. The predicted octanol–water partition coefficient (Wildman–Crippen LogP) is 4.21. The molecule has 0 radical (unpaired) electrons. The minimum atomic E-state index is 0. The Balaban J connectivity index is 0.00000400. The third kappa shape index (κ3) is 11.0. The average Bonchev–Trinajstić information content (AvgIpc) is 2.84. The largest absolute Gasteiger partial charge is 0.357 e. The van der Waals surface area contributed by atoms with Gasteiger partial charge < -0.3 is 10.6 Å².